The first-order chi connectivity index (χ1) is 14.3. The molecule has 0 amide bonds. The smallest absolute Gasteiger partial charge is 0.349 e. The third-order valence-corrected chi connectivity index (χ3v) is 5.03. The summed E-state index contributed by atoms with van der Waals surface area (Å²) in [6.07, 6.45) is 0.715. The lowest BCUT2D eigenvalue weighted by Crippen LogP contribution is -2.33. The van der Waals surface area contributed by atoms with Crippen molar-refractivity contribution in [3.05, 3.63) is 65.0 Å². The van der Waals surface area contributed by atoms with Gasteiger partial charge in [-0.1, -0.05) is 23.2 Å². The number of nitrogen functional groups attached to an aromatic ring is 1. The molecule has 4 rings (SSSR count). The average Bonchev–Trinajstić information content (AvgIpc) is 3.23. The molecule has 1 fully saturated rings. The molecule has 1 aromatic carbocycles. The van der Waals surface area contributed by atoms with E-state index in [1.807, 2.05) is 4.98 Å². The number of aromatic nitrogens is 5. The number of hydrogen-bond acceptors (Lipinski definition) is 8. The van der Waals surface area contributed by atoms with E-state index in [0.717, 1.165) is 4.68 Å². The van der Waals surface area contributed by atoms with Gasteiger partial charge in [-0.3, -0.25) is 14.6 Å². The van der Waals surface area contributed by atoms with Crippen LogP contribution < -0.4 is 27.3 Å². The van der Waals surface area contributed by atoms with E-state index >= 15 is 0 Å². The highest BCUT2D eigenvalue weighted by Crippen LogP contribution is 2.38. The second-order valence-corrected chi connectivity index (χ2v) is 7.26. The number of anilines is 1. The Morgan fingerprint density at radius 3 is 2.57 bits per heavy atom. The van der Waals surface area contributed by atoms with Crippen molar-refractivity contribution in [1.82, 2.24) is 25.0 Å². The summed E-state index contributed by atoms with van der Waals surface area (Å²) in [6.45, 7) is 1.01. The topological polar surface area (TPSA) is 158 Å². The number of H-pyrrole nitrogens is 2. The van der Waals surface area contributed by atoms with Crippen LogP contribution in [-0.2, 0) is 4.74 Å². The Balaban J connectivity index is 1.69. The van der Waals surface area contributed by atoms with Crippen molar-refractivity contribution >= 4 is 29.0 Å². The zero-order chi connectivity index (χ0) is 21.4. The molecule has 3 heterocycles. The summed E-state index contributed by atoms with van der Waals surface area (Å²) >= 11 is 12.6. The number of hydrogen-bond donors (Lipinski definition) is 3. The van der Waals surface area contributed by atoms with Crippen LogP contribution in [0.5, 0.6) is 11.6 Å². The zero-order valence-corrected chi connectivity index (χ0v) is 16.7. The minimum Gasteiger partial charge on any atom is -0.434 e. The predicted octanol–water partition coefficient (Wildman–Crippen LogP) is 1.19. The summed E-state index contributed by atoms with van der Waals surface area (Å²) in [5.41, 5.74) is 4.15. The molecule has 13 heteroatoms. The molecule has 0 spiro atoms. The van der Waals surface area contributed by atoms with Crippen LogP contribution in [0.1, 0.15) is 17.9 Å². The van der Waals surface area contributed by atoms with Gasteiger partial charge in [-0.2, -0.15) is 4.68 Å². The first kappa shape index (κ1) is 20.1. The van der Waals surface area contributed by atoms with Crippen LogP contribution in [0.15, 0.2) is 32.6 Å². The molecule has 0 radical (unpaired) electrons. The molecule has 0 saturated carbocycles. The van der Waals surface area contributed by atoms with Gasteiger partial charge in [-0.25, -0.2) is 9.89 Å². The number of benzene rings is 1. The first-order valence-electron chi connectivity index (χ1n) is 8.67. The van der Waals surface area contributed by atoms with Crippen LogP contribution in [0.2, 0.25) is 10.0 Å². The minimum absolute atomic E-state index is 0.0368. The van der Waals surface area contributed by atoms with Gasteiger partial charge in [-0.05, 0) is 18.6 Å². The lowest BCUT2D eigenvalue weighted by molar-refractivity contribution is 0.193. The Labute approximate surface area is 177 Å². The van der Waals surface area contributed by atoms with E-state index in [0.29, 0.717) is 25.2 Å². The quantitative estimate of drug-likeness (QED) is 0.532. The number of halogens is 2. The molecule has 1 aliphatic rings. The number of nitrogens with zero attached hydrogens (tertiary/aromatic N) is 3. The van der Waals surface area contributed by atoms with Crippen molar-refractivity contribution in [3.63, 3.8) is 0 Å². The van der Waals surface area contributed by atoms with Crippen molar-refractivity contribution in [2.45, 2.75) is 12.3 Å². The van der Waals surface area contributed by atoms with Gasteiger partial charge in [-0.15, -0.1) is 10.2 Å². The zero-order valence-electron chi connectivity index (χ0n) is 15.1. The number of nitrogens with two attached hydrogens (primary N) is 1. The fourth-order valence-corrected chi connectivity index (χ4v) is 3.55. The van der Waals surface area contributed by atoms with Gasteiger partial charge in [0.25, 0.3) is 11.1 Å². The van der Waals surface area contributed by atoms with E-state index in [4.69, 9.17) is 38.4 Å². The molecule has 11 nitrogen and oxygen atoms in total. The third kappa shape index (κ3) is 3.82. The first-order valence-corrected chi connectivity index (χ1v) is 9.43. The monoisotopic (exact) mass is 452 g/mol. The molecule has 3 aromatic rings. The summed E-state index contributed by atoms with van der Waals surface area (Å²) in [5, 5.41) is 10.0. The van der Waals surface area contributed by atoms with Crippen molar-refractivity contribution in [2.75, 3.05) is 18.9 Å². The van der Waals surface area contributed by atoms with Crippen molar-refractivity contribution in [3.8, 4) is 17.3 Å². The second-order valence-electron chi connectivity index (χ2n) is 6.45. The highest BCUT2D eigenvalue weighted by atomic mass is 35.5. The van der Waals surface area contributed by atoms with Crippen LogP contribution in [0.25, 0.3) is 5.69 Å². The van der Waals surface area contributed by atoms with E-state index in [1.165, 1.54) is 18.2 Å². The summed E-state index contributed by atoms with van der Waals surface area (Å²) in [7, 11) is 0. The molecule has 2 aromatic heterocycles. The Hall–Kier alpha value is -3.15. The highest BCUT2D eigenvalue weighted by Gasteiger charge is 2.22. The maximum absolute atomic E-state index is 12.1. The van der Waals surface area contributed by atoms with Gasteiger partial charge < -0.3 is 15.2 Å². The maximum atomic E-state index is 12.1. The summed E-state index contributed by atoms with van der Waals surface area (Å²) < 4.78 is 11.8. The van der Waals surface area contributed by atoms with Gasteiger partial charge >= 0.3 is 5.69 Å². The van der Waals surface area contributed by atoms with Gasteiger partial charge in [0.05, 0.1) is 22.3 Å². The molecule has 1 atom stereocenters. The van der Waals surface area contributed by atoms with E-state index in [-0.39, 0.29) is 38.8 Å². The lowest BCUT2D eigenvalue weighted by Gasteiger charge is -2.13. The van der Waals surface area contributed by atoms with E-state index < -0.39 is 17.1 Å². The molecule has 0 bridgehead atoms. The van der Waals surface area contributed by atoms with Gasteiger partial charge in [0.1, 0.15) is 0 Å². The van der Waals surface area contributed by atoms with Crippen LogP contribution in [0, 0.1) is 0 Å². The van der Waals surface area contributed by atoms with Gasteiger partial charge in [0.2, 0.25) is 11.7 Å². The standard InChI is InChI=1S/C17H14Cl2N6O5/c18-10-3-8(25-17(28)21-16(27)14(20)24-25)4-11(19)13(10)30-12-5-9(15(26)23-22-12)7-1-2-29-6-7/h3-5,7H,1-2,6H2,(H2,20,24)(H,23,26)(H,21,27,28). The van der Waals surface area contributed by atoms with Crippen LogP contribution in [0.3, 0.4) is 0 Å². The van der Waals surface area contributed by atoms with Crippen LogP contribution in [-0.4, -0.2) is 38.2 Å². The number of ether oxygens (including phenoxy) is 2. The van der Waals surface area contributed by atoms with Gasteiger partial charge in [0.15, 0.2) is 5.75 Å². The van der Waals surface area contributed by atoms with Crippen molar-refractivity contribution < 1.29 is 9.47 Å². The fraction of sp³-hybridized carbons (Fsp3) is 0.235. The molecule has 4 N–H and O–H groups in total. The SMILES string of the molecule is Nc1nn(-c2cc(Cl)c(Oc3cc(C4CCOC4)c(=O)[nH]n3)c(Cl)c2)c(=O)[nH]c1=O. The Bertz CT molecular complexity index is 1270. The third-order valence-electron chi connectivity index (χ3n) is 4.47. The lowest BCUT2D eigenvalue weighted by atomic mass is 10.0. The molecule has 1 unspecified atom stereocenters. The molecule has 156 valence electrons. The van der Waals surface area contributed by atoms with Crippen LogP contribution in [0.4, 0.5) is 5.82 Å². The van der Waals surface area contributed by atoms with E-state index in [2.05, 4.69) is 15.3 Å². The molecule has 30 heavy (non-hydrogen) atoms. The summed E-state index contributed by atoms with van der Waals surface area (Å²) in [6, 6.07) is 4.21. The van der Waals surface area contributed by atoms with E-state index in [1.54, 1.807) is 0 Å². The average molecular weight is 453 g/mol. The normalized spacial score (nSPS) is 16.0. The van der Waals surface area contributed by atoms with Crippen LogP contribution >= 0.6 is 23.2 Å². The van der Waals surface area contributed by atoms with Gasteiger partial charge in [0, 0.05) is 24.2 Å². The maximum Gasteiger partial charge on any atom is 0.349 e. The molecular formula is C17H14Cl2N6O5. The summed E-state index contributed by atoms with van der Waals surface area (Å²) in [5.74, 6) is -0.323. The molecular weight excluding hydrogens is 439 g/mol. The Kier molecular flexibility index (Phi) is 5.33. The van der Waals surface area contributed by atoms with Crippen molar-refractivity contribution in [2.24, 2.45) is 0 Å². The largest absolute Gasteiger partial charge is 0.434 e. The summed E-state index contributed by atoms with van der Waals surface area (Å²) in [4.78, 5) is 37.5. The Morgan fingerprint density at radius 2 is 1.90 bits per heavy atom. The molecule has 1 aliphatic heterocycles. The van der Waals surface area contributed by atoms with Crippen molar-refractivity contribution in [1.29, 1.82) is 0 Å². The fourth-order valence-electron chi connectivity index (χ4n) is 3.00. The number of nitrogens with one attached hydrogen (secondary N) is 2. The number of aromatic amines is 2. The predicted molar refractivity (Wildman–Crippen MR) is 108 cm³/mol. The molecule has 0 aliphatic carbocycles. The van der Waals surface area contributed by atoms with E-state index in [9.17, 15) is 14.4 Å². The molecule has 1 saturated heterocycles. The minimum atomic E-state index is -0.819. The highest BCUT2D eigenvalue weighted by molar-refractivity contribution is 6.37. The number of rotatable bonds is 4. The Morgan fingerprint density at radius 1 is 1.17 bits per heavy atom. The second kappa shape index (κ2) is 7.94.